The Labute approximate surface area is 74.1 Å². The highest BCUT2D eigenvalue weighted by atomic mass is 32.2. The van der Waals surface area contributed by atoms with E-state index in [0.29, 0.717) is 0 Å². The number of carboxylic acid groups (broad SMARTS) is 1. The number of thioether (sulfide) groups is 1. The second-order valence-electron chi connectivity index (χ2n) is 1.68. The van der Waals surface area contributed by atoms with Crippen LogP contribution in [0.25, 0.3) is 0 Å². The summed E-state index contributed by atoms with van der Waals surface area (Å²) in [6.45, 7) is 0. The number of hydrogen-bond donors (Lipinski definition) is 3. The monoisotopic (exact) mass is 195 g/mol. The van der Waals surface area contributed by atoms with Gasteiger partial charge in [0.1, 0.15) is 0 Å². The Balaban J connectivity index is 3.88. The van der Waals surface area contributed by atoms with Gasteiger partial charge in [0.15, 0.2) is 5.37 Å². The van der Waals surface area contributed by atoms with Crippen LogP contribution in [-0.2, 0) is 9.59 Å². The highest BCUT2D eigenvalue weighted by molar-refractivity contribution is 7.99. The largest absolute Gasteiger partial charge is 0.479 e. The molecule has 0 fully saturated rings. The van der Waals surface area contributed by atoms with E-state index < -0.39 is 11.3 Å². The van der Waals surface area contributed by atoms with Crippen molar-refractivity contribution in [2.45, 2.75) is 5.37 Å². The molecule has 4 nitrogen and oxygen atoms in total. The first kappa shape index (κ1) is 10.6. The molecule has 0 aromatic heterocycles. The third-order valence-electron chi connectivity index (χ3n) is 0.896. The van der Waals surface area contributed by atoms with E-state index in [0.717, 1.165) is 11.8 Å². The van der Waals surface area contributed by atoms with Gasteiger partial charge in [-0.3, -0.25) is 4.79 Å². The Bertz CT molecular complexity index is 162. The van der Waals surface area contributed by atoms with Crippen molar-refractivity contribution in [3.8, 4) is 0 Å². The van der Waals surface area contributed by atoms with E-state index in [1.807, 2.05) is 0 Å². The van der Waals surface area contributed by atoms with Gasteiger partial charge in [-0.25, -0.2) is 4.79 Å². The van der Waals surface area contributed by atoms with Crippen molar-refractivity contribution in [1.29, 1.82) is 0 Å². The molecule has 0 aliphatic rings. The van der Waals surface area contributed by atoms with E-state index in [1.54, 1.807) is 6.26 Å². The van der Waals surface area contributed by atoms with E-state index in [-0.39, 0.29) is 11.7 Å². The zero-order chi connectivity index (χ0) is 8.85. The van der Waals surface area contributed by atoms with Crippen LogP contribution in [0.4, 0.5) is 0 Å². The van der Waals surface area contributed by atoms with Crippen LogP contribution in [0.2, 0.25) is 0 Å². The normalized spacial score (nSPS) is 12.2. The zero-order valence-electron chi connectivity index (χ0n) is 5.90. The van der Waals surface area contributed by atoms with Gasteiger partial charge in [-0.2, -0.15) is 12.6 Å². The van der Waals surface area contributed by atoms with Gasteiger partial charge < -0.3 is 10.4 Å². The Morgan fingerprint density at radius 1 is 1.73 bits per heavy atom. The highest BCUT2D eigenvalue weighted by Crippen LogP contribution is 2.01. The molecule has 11 heavy (non-hydrogen) atoms. The van der Waals surface area contributed by atoms with Crippen molar-refractivity contribution < 1.29 is 14.7 Å². The molecule has 6 heteroatoms. The molecule has 0 bridgehead atoms. The molecule has 1 amide bonds. The number of aliphatic carboxylic acids is 1. The second kappa shape index (κ2) is 5.31. The quantitative estimate of drug-likeness (QED) is 0.429. The number of rotatable bonds is 4. The molecule has 0 aromatic rings. The predicted octanol–water partition coefficient (Wildman–Crippen LogP) is -0.194. The topological polar surface area (TPSA) is 66.4 Å². The maximum atomic E-state index is 10.6. The number of hydrogen-bond acceptors (Lipinski definition) is 4. The van der Waals surface area contributed by atoms with Crippen LogP contribution in [0.15, 0.2) is 0 Å². The Kier molecular flexibility index (Phi) is 5.14. The van der Waals surface area contributed by atoms with Crippen molar-refractivity contribution in [2.24, 2.45) is 0 Å². The molecule has 0 aliphatic heterocycles. The van der Waals surface area contributed by atoms with Gasteiger partial charge in [0.05, 0.1) is 5.75 Å². The van der Waals surface area contributed by atoms with Crippen LogP contribution in [-0.4, -0.2) is 34.4 Å². The number of carbonyl (C=O) groups is 2. The van der Waals surface area contributed by atoms with Gasteiger partial charge in [-0.15, -0.1) is 11.8 Å². The minimum atomic E-state index is -1.05. The number of carbonyl (C=O) groups excluding carboxylic acids is 1. The molecule has 0 saturated heterocycles. The summed E-state index contributed by atoms with van der Waals surface area (Å²) in [4.78, 5) is 20.9. The molecule has 0 spiro atoms. The molecular formula is C5H9NO3S2. The van der Waals surface area contributed by atoms with Gasteiger partial charge in [-0.05, 0) is 6.26 Å². The van der Waals surface area contributed by atoms with Crippen molar-refractivity contribution >= 4 is 36.3 Å². The first-order valence-corrected chi connectivity index (χ1v) is 4.69. The summed E-state index contributed by atoms with van der Waals surface area (Å²) < 4.78 is 0. The number of carboxylic acids is 1. The van der Waals surface area contributed by atoms with Crippen molar-refractivity contribution in [3.05, 3.63) is 0 Å². The fourth-order valence-corrected chi connectivity index (χ4v) is 0.956. The molecule has 1 atom stereocenters. The average Bonchev–Trinajstić information content (AvgIpc) is 1.99. The summed E-state index contributed by atoms with van der Waals surface area (Å²) in [5.74, 6) is -1.42. The summed E-state index contributed by atoms with van der Waals surface area (Å²) in [5, 5.41) is 9.85. The van der Waals surface area contributed by atoms with E-state index in [2.05, 4.69) is 17.9 Å². The smallest absolute Gasteiger partial charge is 0.336 e. The number of thiol groups is 1. The Hall–Kier alpha value is -0.360. The Morgan fingerprint density at radius 3 is 2.55 bits per heavy atom. The molecule has 0 heterocycles. The van der Waals surface area contributed by atoms with Gasteiger partial charge >= 0.3 is 5.97 Å². The van der Waals surface area contributed by atoms with E-state index in [9.17, 15) is 9.59 Å². The summed E-state index contributed by atoms with van der Waals surface area (Å²) in [5.41, 5.74) is 0. The van der Waals surface area contributed by atoms with Crippen LogP contribution in [0, 0.1) is 0 Å². The van der Waals surface area contributed by atoms with Crippen LogP contribution in [0.1, 0.15) is 0 Å². The van der Waals surface area contributed by atoms with Crippen molar-refractivity contribution in [1.82, 2.24) is 5.32 Å². The van der Waals surface area contributed by atoms with Gasteiger partial charge in [-0.1, -0.05) is 0 Å². The maximum Gasteiger partial charge on any atom is 0.336 e. The molecule has 0 aromatic carbocycles. The molecular weight excluding hydrogens is 186 g/mol. The molecule has 0 radical (unpaired) electrons. The first-order valence-electron chi connectivity index (χ1n) is 2.77. The van der Waals surface area contributed by atoms with Gasteiger partial charge in [0.25, 0.3) is 0 Å². The molecule has 64 valence electrons. The summed E-state index contributed by atoms with van der Waals surface area (Å²) in [7, 11) is 0. The van der Waals surface area contributed by atoms with Crippen LogP contribution >= 0.6 is 24.4 Å². The predicted molar refractivity (Wildman–Crippen MR) is 46.9 cm³/mol. The SMILES string of the molecule is CSC(NC(=O)CS)C(=O)O. The lowest BCUT2D eigenvalue weighted by atomic mass is 10.6. The van der Waals surface area contributed by atoms with Gasteiger partial charge in [0, 0.05) is 0 Å². The van der Waals surface area contributed by atoms with Crippen LogP contribution < -0.4 is 5.32 Å². The third kappa shape index (κ3) is 4.15. The standard InChI is InChI=1S/C5H9NO3S2/c1-11-4(5(8)9)6-3(7)2-10/h4,10H,2H2,1H3,(H,6,7)(H,8,9). The lowest BCUT2D eigenvalue weighted by Gasteiger charge is -2.09. The summed E-state index contributed by atoms with van der Waals surface area (Å²) >= 11 is 4.74. The first-order chi connectivity index (χ1) is 5.11. The van der Waals surface area contributed by atoms with E-state index >= 15 is 0 Å². The Morgan fingerprint density at radius 2 is 2.27 bits per heavy atom. The fourth-order valence-electron chi connectivity index (χ4n) is 0.413. The van der Waals surface area contributed by atoms with Crippen LogP contribution in [0.5, 0.6) is 0 Å². The minimum Gasteiger partial charge on any atom is -0.479 e. The lowest BCUT2D eigenvalue weighted by Crippen LogP contribution is -2.38. The van der Waals surface area contributed by atoms with Crippen LogP contribution in [0.3, 0.4) is 0 Å². The average molecular weight is 195 g/mol. The molecule has 2 N–H and O–H groups in total. The third-order valence-corrected chi connectivity index (χ3v) is 1.97. The fraction of sp³-hybridized carbons (Fsp3) is 0.600. The van der Waals surface area contributed by atoms with E-state index in [4.69, 9.17) is 5.11 Å². The number of amides is 1. The van der Waals surface area contributed by atoms with E-state index in [1.165, 1.54) is 0 Å². The lowest BCUT2D eigenvalue weighted by molar-refractivity contribution is -0.138. The summed E-state index contributed by atoms with van der Waals surface area (Å²) in [6, 6.07) is 0. The number of nitrogens with one attached hydrogen (secondary N) is 1. The molecule has 0 rings (SSSR count). The van der Waals surface area contributed by atoms with Crippen molar-refractivity contribution in [3.63, 3.8) is 0 Å². The minimum absolute atomic E-state index is 0.00431. The molecule has 0 saturated carbocycles. The zero-order valence-corrected chi connectivity index (χ0v) is 7.61. The summed E-state index contributed by atoms with van der Waals surface area (Å²) in [6.07, 6.45) is 1.61. The van der Waals surface area contributed by atoms with Gasteiger partial charge in [0.2, 0.25) is 5.91 Å². The highest BCUT2D eigenvalue weighted by Gasteiger charge is 2.16. The van der Waals surface area contributed by atoms with Crippen molar-refractivity contribution in [2.75, 3.05) is 12.0 Å². The second-order valence-corrected chi connectivity index (χ2v) is 2.94. The molecule has 0 aliphatic carbocycles. The maximum absolute atomic E-state index is 10.6. The molecule has 1 unspecified atom stereocenters.